The van der Waals surface area contributed by atoms with Crippen molar-refractivity contribution >= 4 is 180 Å². The van der Waals surface area contributed by atoms with Gasteiger partial charge in [-0.3, -0.25) is 4.79 Å². The topological polar surface area (TPSA) is 285 Å². The first-order valence-electron chi connectivity index (χ1n) is 41.8. The van der Waals surface area contributed by atoms with Gasteiger partial charge in [0.15, 0.2) is 12.0 Å². The average molecular weight is 2160 g/mol. The Labute approximate surface area is 841 Å². The average Bonchev–Trinajstić information content (AvgIpc) is 1.61. The van der Waals surface area contributed by atoms with Crippen molar-refractivity contribution in [2.75, 3.05) is 0 Å². The highest BCUT2D eigenvalue weighted by molar-refractivity contribution is 7.91. The van der Waals surface area contributed by atoms with Crippen LogP contribution in [0.3, 0.4) is 0 Å². The maximum absolute atomic E-state index is 13.8. The standard InChI is InChI=1S/C22H16ClF2NO3S.C22H17NO4S.C16H9ClF5NO5S2.C16H9ClF2N2O2S.C15H13NO.C10H5ClF2N2.CH4/c23-21-17-13-19(22(24)25)26(30(27,28)16-9-5-2-6-10-16)18(17)11-12-20(21)29-14-15-7-3-1-4-8-15;24-15-19-13-18-14-20(27-16-17-7-3-1-4-8-17)11-12-22(18)23(19)28(25,26)21-9-5-2-6-10-21;17-14-10-8-12(15(18)19)23(29(24,25)9-4-2-1-3-5-9)11(10)6-7-13(14)28-30(26,27)16(20,21)22;1-20-12-7-8-13-11(15(12)17)9-14(16(18)19)21(13)24(22,23)10-5-3-2-4-6-10;1-2-4-12(5-3-1)11-17-14-6-7-15-13(10-14)8-9-16-15;1-14-7-3-2-6-5(9(7)11)4-8(15-6)10(12)13;/h1-13,22H,14H2;1-15H,16H2;1-8,15H;2-9,16H;1-10,16H,11H2;2-4,10,15H;1H4. The molecule has 0 unspecified atom stereocenters. The molecule has 13 aromatic carbocycles. The molecule has 23 nitrogen and oxygen atoms in total. The summed E-state index contributed by atoms with van der Waals surface area (Å²) in [5, 5.41) is 1.54. The molecular weight excluding hydrogens is 2090 g/mol. The van der Waals surface area contributed by atoms with Gasteiger partial charge in [0.2, 0.25) is 11.4 Å². The van der Waals surface area contributed by atoms with Crippen LogP contribution in [0.15, 0.2) is 359 Å². The third-order valence-electron chi connectivity index (χ3n) is 21.2. The molecule has 145 heavy (non-hydrogen) atoms. The molecule has 0 aliphatic carbocycles. The van der Waals surface area contributed by atoms with Gasteiger partial charge in [0.25, 0.3) is 65.8 Å². The van der Waals surface area contributed by atoms with E-state index in [9.17, 15) is 95.2 Å². The van der Waals surface area contributed by atoms with Crippen LogP contribution in [0.5, 0.6) is 23.0 Å². The van der Waals surface area contributed by atoms with Crippen LogP contribution in [-0.4, -0.2) is 79.7 Å². The van der Waals surface area contributed by atoms with Crippen molar-refractivity contribution in [3.8, 4) is 23.0 Å². The molecule has 43 heteroatoms. The van der Waals surface area contributed by atoms with Crippen molar-refractivity contribution in [3.05, 3.63) is 428 Å². The Morgan fingerprint density at radius 3 is 1.08 bits per heavy atom. The summed E-state index contributed by atoms with van der Waals surface area (Å²) in [6, 6.07) is 87.4. The Bertz CT molecular complexity index is 8640. The number of aromatic nitrogens is 6. The number of nitrogens with one attached hydrogen (secondary N) is 2. The normalized spacial score (nSPS) is 11.7. The van der Waals surface area contributed by atoms with E-state index in [1.165, 1.54) is 126 Å². The van der Waals surface area contributed by atoms with E-state index in [0.717, 1.165) is 56.7 Å². The van der Waals surface area contributed by atoms with Gasteiger partial charge in [0.05, 0.1) is 86.3 Å². The fourth-order valence-corrected chi connectivity index (χ4v) is 22.2. The molecule has 746 valence electrons. The zero-order valence-corrected chi connectivity index (χ0v) is 80.5. The van der Waals surface area contributed by atoms with Crippen LogP contribution in [0.25, 0.3) is 75.1 Å². The molecule has 0 amide bonds. The lowest BCUT2D eigenvalue weighted by molar-refractivity contribution is -0.0500. The maximum atomic E-state index is 13.8. The van der Waals surface area contributed by atoms with Crippen LogP contribution in [0.4, 0.5) is 59.7 Å². The molecule has 19 rings (SSSR count). The number of carbonyl (C=O) groups is 1. The van der Waals surface area contributed by atoms with Gasteiger partial charge >= 0.3 is 15.6 Å². The molecular formula is C102H73Cl4F11N8O15S5. The van der Waals surface area contributed by atoms with E-state index >= 15 is 0 Å². The van der Waals surface area contributed by atoms with Crippen LogP contribution in [0, 0.1) is 13.1 Å². The number of nitrogens with zero attached hydrogens (tertiary/aromatic N) is 6. The van der Waals surface area contributed by atoms with Crippen molar-refractivity contribution in [1.82, 2.24) is 25.9 Å². The van der Waals surface area contributed by atoms with Gasteiger partial charge in [-0.05, 0) is 174 Å². The molecule has 0 aliphatic heterocycles. The summed E-state index contributed by atoms with van der Waals surface area (Å²) < 4.78 is 294. The Morgan fingerprint density at radius 2 is 0.690 bits per heavy atom. The van der Waals surface area contributed by atoms with Crippen molar-refractivity contribution in [2.45, 2.75) is 78.0 Å². The molecule has 6 heterocycles. The van der Waals surface area contributed by atoms with Gasteiger partial charge in [-0.2, -0.15) is 21.6 Å². The van der Waals surface area contributed by atoms with E-state index in [1.807, 2.05) is 103 Å². The first kappa shape index (κ1) is 107. The minimum Gasteiger partial charge on any atom is -0.489 e. The summed E-state index contributed by atoms with van der Waals surface area (Å²) in [4.78, 5) is 23.2. The van der Waals surface area contributed by atoms with Crippen molar-refractivity contribution in [2.24, 2.45) is 0 Å². The van der Waals surface area contributed by atoms with Crippen molar-refractivity contribution in [1.29, 1.82) is 0 Å². The lowest BCUT2D eigenvalue weighted by Crippen LogP contribution is -2.28. The lowest BCUT2D eigenvalue weighted by atomic mass is 10.2. The molecule has 2 N–H and O–H groups in total. The van der Waals surface area contributed by atoms with Crippen LogP contribution in [0.2, 0.25) is 20.1 Å². The lowest BCUT2D eigenvalue weighted by Gasteiger charge is -2.13. The SMILES string of the molecule is C.O=Cc1cc2cc(OCc3ccccc3)ccc2n1S(=O)(=O)c1ccccc1.O=S(=O)(c1ccccc1)n1c(C(F)F)cc2c(Cl)c(OCc3ccccc3)ccc21.O=S(=O)(c1ccccc1)n1c(C(F)F)cc2c(Cl)c(OS(=O)(=O)C(F)(F)F)ccc21.[C-]#[N+]c1ccc2[nH]c(C(F)F)cc2c1Cl.[C-]#[N+]c1ccc2c(cc(C(F)F)n2S(=O)(=O)c2ccccc2)c1Cl.c1ccc(COc2ccc3[nH]ccc3c2)cc1. The second-order valence-electron chi connectivity index (χ2n) is 30.4. The highest BCUT2D eigenvalue weighted by atomic mass is 35.5. The summed E-state index contributed by atoms with van der Waals surface area (Å²) in [7, 11) is -23.0. The predicted molar refractivity (Wildman–Crippen MR) is 533 cm³/mol. The molecule has 0 radical (unpaired) electrons. The molecule has 0 fully saturated rings. The minimum absolute atomic E-state index is 0. The van der Waals surface area contributed by atoms with Gasteiger partial charge in [0.1, 0.15) is 54.2 Å². The van der Waals surface area contributed by atoms with Crippen LogP contribution < -0.4 is 18.4 Å². The maximum Gasteiger partial charge on any atom is 0.534 e. The number of alkyl halides is 11. The number of fused-ring (bicyclic) bond motifs is 6. The van der Waals surface area contributed by atoms with E-state index in [2.05, 4.69) is 42.0 Å². The highest BCUT2D eigenvalue weighted by Gasteiger charge is 2.49. The van der Waals surface area contributed by atoms with E-state index in [-0.39, 0.29) is 103 Å². The van der Waals surface area contributed by atoms with Gasteiger partial charge in [-0.25, -0.2) is 94.4 Å². The number of aromatic amines is 2. The monoisotopic (exact) mass is 2160 g/mol. The quantitative estimate of drug-likeness (QED) is 0.0187. The molecule has 0 saturated heterocycles. The Balaban J connectivity index is 0.000000148. The van der Waals surface area contributed by atoms with E-state index < -0.39 is 120 Å². The van der Waals surface area contributed by atoms with E-state index in [0.29, 0.717) is 67.1 Å². The number of halogens is 15. The highest BCUT2D eigenvalue weighted by Crippen LogP contribution is 2.45. The molecule has 0 bridgehead atoms. The summed E-state index contributed by atoms with van der Waals surface area (Å²) >= 11 is 24.2. The molecule has 0 spiro atoms. The third-order valence-corrected chi connectivity index (χ3v) is 30.8. The zero-order chi connectivity index (χ0) is 103. The second-order valence-corrected chi connectivity index (χ2v) is 40.6. The summed E-state index contributed by atoms with van der Waals surface area (Å²) in [6.07, 6.45) is -9.43. The zero-order valence-electron chi connectivity index (χ0n) is 73.4. The number of ether oxygens (including phenoxy) is 3. The molecule has 19 aromatic rings. The van der Waals surface area contributed by atoms with Gasteiger partial charge in [0, 0.05) is 49.5 Å². The second kappa shape index (κ2) is 45.8. The number of aldehydes is 1. The summed E-state index contributed by atoms with van der Waals surface area (Å²) in [5.41, 5.74) is -3.06. The smallest absolute Gasteiger partial charge is 0.489 e. The van der Waals surface area contributed by atoms with E-state index in [1.54, 1.807) is 60.7 Å². The first-order valence-corrected chi connectivity index (χ1v) is 50.5. The number of rotatable bonds is 24. The van der Waals surface area contributed by atoms with E-state index in [4.69, 9.17) is 73.8 Å². The Kier molecular flexibility index (Phi) is 33.9. The fraction of sp³-hybridized carbons (Fsp3) is 0.0882. The number of hydrogen-bond acceptors (Lipinski definition) is 15. The Morgan fingerprint density at radius 1 is 0.352 bits per heavy atom. The van der Waals surface area contributed by atoms with Crippen molar-refractivity contribution in [3.63, 3.8) is 0 Å². The minimum atomic E-state index is -6.09. The molecule has 0 saturated carbocycles. The molecule has 0 atom stereocenters. The molecule has 6 aromatic heterocycles. The van der Waals surface area contributed by atoms with Crippen LogP contribution in [0.1, 0.15) is 83.1 Å². The number of carbonyl (C=O) groups excluding carboxylic acids is 1. The van der Waals surface area contributed by atoms with Crippen LogP contribution >= 0.6 is 46.4 Å². The first-order chi connectivity index (χ1) is 68.7. The fourth-order valence-electron chi connectivity index (χ4n) is 14.5. The number of H-pyrrole nitrogens is 2. The summed E-state index contributed by atoms with van der Waals surface area (Å²) in [6.45, 7) is 15.1. The van der Waals surface area contributed by atoms with Gasteiger partial charge in [-0.1, -0.05) is 230 Å². The molecule has 0 aliphatic rings. The van der Waals surface area contributed by atoms with Crippen LogP contribution in [-0.2, 0) is 70.0 Å². The predicted octanol–water partition coefficient (Wildman–Crippen LogP) is 28.7. The van der Waals surface area contributed by atoms with Crippen molar-refractivity contribution < 1.29 is 114 Å². The third kappa shape index (κ3) is 23.8. The summed E-state index contributed by atoms with van der Waals surface area (Å²) in [5.74, 6) is 0.781. The Hall–Kier alpha value is -14.9. The largest absolute Gasteiger partial charge is 0.534 e. The van der Waals surface area contributed by atoms with Gasteiger partial charge in [-0.15, -0.1) is 0 Å². The number of hydrogen-bond donors (Lipinski definition) is 2. The number of benzene rings is 13. The van der Waals surface area contributed by atoms with Gasteiger partial charge < -0.3 is 28.4 Å².